The lowest BCUT2D eigenvalue weighted by molar-refractivity contribution is -0.446. The molecule has 1 saturated heterocycles. The summed E-state index contributed by atoms with van der Waals surface area (Å²) in [5.41, 5.74) is 1.97. The molecular formula is C13H16N3O5P. The molecule has 0 radical (unpaired) electrons. The zero-order valence-corrected chi connectivity index (χ0v) is 12.7. The molecule has 118 valence electrons. The zero-order valence-electron chi connectivity index (χ0n) is 11.8. The van der Waals surface area contributed by atoms with Crippen LogP contribution >= 0.6 is 7.59 Å². The van der Waals surface area contributed by atoms with Crippen LogP contribution in [0.3, 0.4) is 0 Å². The number of rotatable bonds is 8. The van der Waals surface area contributed by atoms with Gasteiger partial charge in [0.1, 0.15) is 0 Å². The molecule has 0 spiro atoms. The second kappa shape index (κ2) is 6.37. The molecule has 0 bridgehead atoms. The van der Waals surface area contributed by atoms with Crippen LogP contribution in [-0.4, -0.2) is 26.6 Å². The normalized spacial score (nSPS) is 20.4. The summed E-state index contributed by atoms with van der Waals surface area (Å²) in [6.07, 6.45) is 1.90. The highest BCUT2D eigenvalue weighted by Gasteiger charge is 2.68. The highest BCUT2D eigenvalue weighted by Crippen LogP contribution is 2.57. The quantitative estimate of drug-likeness (QED) is 0.314. The average Bonchev–Trinajstić information content (AvgIpc) is 3.26. The number of allylic oxidation sites excluding steroid dienone is 1. The standard InChI is InChI=1S/C13H16N3O5P/c1-11(12-7-3-2-4-8-12)6-5-9-13-10-14(13)22(21,15(17)18)16(19)20/h2-4,7-8,13H,1,5-6,9-10H2. The minimum Gasteiger partial charge on any atom is -0.255 e. The SMILES string of the molecule is C=C(CCCC1CN1P(=O)([N+](=O)[O-])[N+](=O)[O-])c1ccccc1. The van der Waals surface area contributed by atoms with E-state index in [1.165, 1.54) is 0 Å². The van der Waals surface area contributed by atoms with E-state index in [0.29, 0.717) is 19.3 Å². The first kappa shape index (κ1) is 16.3. The van der Waals surface area contributed by atoms with Gasteiger partial charge in [-0.05, 0) is 30.4 Å². The molecule has 2 unspecified atom stereocenters. The molecule has 0 N–H and O–H groups in total. The minimum atomic E-state index is -4.75. The van der Waals surface area contributed by atoms with Crippen molar-refractivity contribution in [2.75, 3.05) is 6.54 Å². The van der Waals surface area contributed by atoms with Crippen molar-refractivity contribution in [2.45, 2.75) is 25.3 Å². The number of benzene rings is 1. The fourth-order valence-corrected chi connectivity index (χ4v) is 3.78. The maximum Gasteiger partial charge on any atom is 0.769 e. The predicted molar refractivity (Wildman–Crippen MR) is 81.4 cm³/mol. The lowest BCUT2D eigenvalue weighted by Crippen LogP contribution is -2.14. The molecule has 1 aromatic carbocycles. The average molecular weight is 325 g/mol. The maximum absolute atomic E-state index is 11.8. The predicted octanol–water partition coefficient (Wildman–Crippen LogP) is 3.22. The molecule has 1 aliphatic heterocycles. The summed E-state index contributed by atoms with van der Waals surface area (Å²) in [4.78, 5) is 21.4. The molecule has 1 fully saturated rings. The lowest BCUT2D eigenvalue weighted by Gasteiger charge is -2.05. The van der Waals surface area contributed by atoms with Gasteiger partial charge in [0.25, 0.3) is 0 Å². The summed E-state index contributed by atoms with van der Waals surface area (Å²) in [5.74, 6) is 0. The van der Waals surface area contributed by atoms with Crippen LogP contribution in [0.1, 0.15) is 24.8 Å². The van der Waals surface area contributed by atoms with Crippen LogP contribution in [0.15, 0.2) is 36.9 Å². The molecular weight excluding hydrogens is 309 g/mol. The van der Waals surface area contributed by atoms with E-state index in [0.717, 1.165) is 15.8 Å². The number of nitro groups is 2. The van der Waals surface area contributed by atoms with Gasteiger partial charge in [0.15, 0.2) is 9.39 Å². The van der Waals surface area contributed by atoms with Crippen molar-refractivity contribution < 1.29 is 14.0 Å². The Kier molecular flexibility index (Phi) is 4.73. The summed E-state index contributed by atoms with van der Waals surface area (Å²) in [7, 11) is -4.75. The smallest absolute Gasteiger partial charge is 0.255 e. The Labute approximate surface area is 127 Å². The van der Waals surface area contributed by atoms with E-state index in [9.17, 15) is 24.8 Å². The first-order valence-corrected chi connectivity index (χ1v) is 8.34. The Morgan fingerprint density at radius 1 is 1.27 bits per heavy atom. The van der Waals surface area contributed by atoms with Gasteiger partial charge in [0.2, 0.25) is 0 Å². The first-order chi connectivity index (χ1) is 10.4. The van der Waals surface area contributed by atoms with Gasteiger partial charge >= 0.3 is 7.59 Å². The summed E-state index contributed by atoms with van der Waals surface area (Å²) in [5, 5.41) is 21.4. The van der Waals surface area contributed by atoms with Crippen molar-refractivity contribution in [3.63, 3.8) is 0 Å². The largest absolute Gasteiger partial charge is 0.769 e. The van der Waals surface area contributed by atoms with Crippen molar-refractivity contribution in [1.82, 2.24) is 4.67 Å². The molecule has 0 saturated carbocycles. The Bertz CT molecular complexity index is 630. The monoisotopic (exact) mass is 325 g/mol. The topological polar surface area (TPSA) is 106 Å². The molecule has 0 amide bonds. The number of nitrogens with zero attached hydrogens (tertiary/aromatic N) is 3. The summed E-state index contributed by atoms with van der Waals surface area (Å²) in [6.45, 7) is 4.12. The molecule has 8 nitrogen and oxygen atoms in total. The van der Waals surface area contributed by atoms with Gasteiger partial charge in [-0.3, -0.25) is 20.2 Å². The van der Waals surface area contributed by atoms with Crippen LogP contribution in [0.2, 0.25) is 0 Å². The molecule has 0 aliphatic carbocycles. The summed E-state index contributed by atoms with van der Waals surface area (Å²) >= 11 is 0. The van der Waals surface area contributed by atoms with E-state index in [1.807, 2.05) is 30.3 Å². The van der Waals surface area contributed by atoms with Gasteiger partial charge in [0.05, 0.1) is 0 Å². The summed E-state index contributed by atoms with van der Waals surface area (Å²) < 4.78 is 10.2. The van der Waals surface area contributed by atoms with E-state index in [2.05, 4.69) is 6.58 Å². The van der Waals surface area contributed by atoms with Gasteiger partial charge in [0, 0.05) is 12.6 Å². The highest BCUT2D eigenvalue weighted by atomic mass is 31.2. The van der Waals surface area contributed by atoms with Crippen LogP contribution in [-0.2, 0) is 4.57 Å². The highest BCUT2D eigenvalue weighted by molar-refractivity contribution is 7.48. The van der Waals surface area contributed by atoms with E-state index >= 15 is 0 Å². The fourth-order valence-electron chi connectivity index (χ4n) is 2.34. The molecule has 2 atom stereocenters. The van der Waals surface area contributed by atoms with E-state index in [4.69, 9.17) is 0 Å². The van der Waals surface area contributed by atoms with Crippen molar-refractivity contribution >= 4 is 13.2 Å². The third-order valence-corrected chi connectivity index (χ3v) is 5.65. The third kappa shape index (κ3) is 3.23. The number of hydrogen-bond acceptors (Lipinski definition) is 5. The molecule has 1 aliphatic rings. The Morgan fingerprint density at radius 3 is 2.41 bits per heavy atom. The molecule has 0 aromatic heterocycles. The lowest BCUT2D eigenvalue weighted by atomic mass is 10.0. The van der Waals surface area contributed by atoms with E-state index < -0.39 is 17.0 Å². The third-order valence-electron chi connectivity index (χ3n) is 3.64. The van der Waals surface area contributed by atoms with Crippen molar-refractivity contribution in [1.29, 1.82) is 0 Å². The van der Waals surface area contributed by atoms with E-state index in [1.54, 1.807) is 0 Å². The van der Waals surface area contributed by atoms with Gasteiger partial charge in [-0.25, -0.2) is 0 Å². The van der Waals surface area contributed by atoms with Crippen LogP contribution < -0.4 is 0 Å². The molecule has 9 heteroatoms. The van der Waals surface area contributed by atoms with Crippen molar-refractivity contribution in [3.05, 3.63) is 62.7 Å². The van der Waals surface area contributed by atoms with Gasteiger partial charge in [-0.1, -0.05) is 36.9 Å². The van der Waals surface area contributed by atoms with Gasteiger partial charge < -0.3 is 0 Å². The van der Waals surface area contributed by atoms with E-state index in [-0.39, 0.29) is 12.6 Å². The first-order valence-electron chi connectivity index (χ1n) is 6.77. The Hall–Kier alpha value is -2.05. The van der Waals surface area contributed by atoms with Crippen LogP contribution in [0.25, 0.3) is 5.57 Å². The van der Waals surface area contributed by atoms with Crippen LogP contribution in [0.5, 0.6) is 0 Å². The Morgan fingerprint density at radius 2 is 1.86 bits per heavy atom. The van der Waals surface area contributed by atoms with Gasteiger partial charge in [-0.15, -0.1) is 4.67 Å². The molecule has 22 heavy (non-hydrogen) atoms. The number of hydrogen-bond donors (Lipinski definition) is 0. The minimum absolute atomic E-state index is 0.136. The molecule has 1 aromatic rings. The molecule has 2 rings (SSSR count). The second-order valence-electron chi connectivity index (χ2n) is 5.13. The Balaban J connectivity index is 1.83. The second-order valence-corrected chi connectivity index (χ2v) is 7.32. The van der Waals surface area contributed by atoms with Crippen LogP contribution in [0, 0.1) is 20.2 Å². The van der Waals surface area contributed by atoms with Crippen molar-refractivity contribution in [2.24, 2.45) is 0 Å². The van der Waals surface area contributed by atoms with Gasteiger partial charge in [-0.2, -0.15) is 4.57 Å². The molecule has 1 heterocycles. The zero-order chi connectivity index (χ0) is 16.3. The summed E-state index contributed by atoms with van der Waals surface area (Å²) in [6, 6.07) is 9.26. The van der Waals surface area contributed by atoms with Crippen LogP contribution in [0.4, 0.5) is 0 Å². The maximum atomic E-state index is 11.8. The van der Waals surface area contributed by atoms with Crippen molar-refractivity contribution in [3.8, 4) is 0 Å². The fraction of sp³-hybridized carbons (Fsp3) is 0.385.